The second kappa shape index (κ2) is 6.99. The minimum atomic E-state index is -0.469. The maximum atomic E-state index is 14.3. The molecule has 0 radical (unpaired) electrons. The minimum absolute atomic E-state index is 0.184. The molecule has 1 fully saturated rings. The number of hydrogen-bond acceptors (Lipinski definition) is 1. The molecule has 1 aliphatic rings. The van der Waals surface area contributed by atoms with Crippen LogP contribution in [0, 0.1) is 23.5 Å². The van der Waals surface area contributed by atoms with Crippen molar-refractivity contribution in [2.75, 3.05) is 7.05 Å². The Hall–Kier alpha value is -0.480. The number of rotatable bonds is 4. The first-order chi connectivity index (χ1) is 9.58. The third kappa shape index (κ3) is 3.22. The molecule has 1 aliphatic carbocycles. The zero-order chi connectivity index (χ0) is 14.7. The van der Waals surface area contributed by atoms with Crippen LogP contribution in [-0.4, -0.2) is 7.05 Å². The van der Waals surface area contributed by atoms with Gasteiger partial charge in [-0.15, -0.1) is 0 Å². The lowest BCUT2D eigenvalue weighted by Gasteiger charge is -2.34. The van der Waals surface area contributed by atoms with Crippen LogP contribution < -0.4 is 5.32 Å². The zero-order valence-corrected chi connectivity index (χ0v) is 13.6. The highest BCUT2D eigenvalue weighted by molar-refractivity contribution is 9.10. The molecule has 1 saturated carbocycles. The standard InChI is InChI=1S/C16H22BrF2N/c1-3-10-5-4-6-11(9-10)16(20-2)14-13(18)8-7-12(17)15(14)19/h7-8,10-11,16,20H,3-6,9H2,1-2H3. The van der Waals surface area contributed by atoms with E-state index < -0.39 is 11.6 Å². The van der Waals surface area contributed by atoms with Crippen LogP contribution in [0.4, 0.5) is 8.78 Å². The van der Waals surface area contributed by atoms with Crippen molar-refractivity contribution in [3.63, 3.8) is 0 Å². The Morgan fingerprint density at radius 1 is 1.35 bits per heavy atom. The average Bonchev–Trinajstić information content (AvgIpc) is 2.47. The molecule has 20 heavy (non-hydrogen) atoms. The van der Waals surface area contributed by atoms with E-state index in [1.165, 1.54) is 18.6 Å². The van der Waals surface area contributed by atoms with Crippen molar-refractivity contribution in [3.05, 3.63) is 33.8 Å². The summed E-state index contributed by atoms with van der Waals surface area (Å²) in [6.07, 6.45) is 5.63. The van der Waals surface area contributed by atoms with Crippen LogP contribution in [-0.2, 0) is 0 Å². The lowest BCUT2D eigenvalue weighted by Crippen LogP contribution is -2.31. The first-order valence-corrected chi connectivity index (χ1v) is 8.18. The van der Waals surface area contributed by atoms with Crippen LogP contribution >= 0.6 is 15.9 Å². The van der Waals surface area contributed by atoms with Gasteiger partial charge < -0.3 is 5.32 Å². The summed E-state index contributed by atoms with van der Waals surface area (Å²) in [6, 6.07) is 2.52. The molecule has 1 aromatic carbocycles. The van der Waals surface area contributed by atoms with Crippen LogP contribution in [0.2, 0.25) is 0 Å². The quantitative estimate of drug-likeness (QED) is 0.739. The molecule has 0 saturated heterocycles. The molecule has 1 nitrogen and oxygen atoms in total. The van der Waals surface area contributed by atoms with Crippen LogP contribution in [0.3, 0.4) is 0 Å². The summed E-state index contributed by atoms with van der Waals surface area (Å²) in [7, 11) is 1.79. The van der Waals surface area contributed by atoms with Crippen LogP contribution in [0.5, 0.6) is 0 Å². The van der Waals surface area contributed by atoms with Crippen molar-refractivity contribution in [2.45, 2.75) is 45.1 Å². The van der Waals surface area contributed by atoms with E-state index in [-0.39, 0.29) is 11.6 Å². The van der Waals surface area contributed by atoms with Gasteiger partial charge in [0, 0.05) is 11.6 Å². The van der Waals surface area contributed by atoms with E-state index in [2.05, 4.69) is 28.2 Å². The first kappa shape index (κ1) is 15.9. The monoisotopic (exact) mass is 345 g/mol. The normalized spacial score (nSPS) is 24.6. The van der Waals surface area contributed by atoms with Gasteiger partial charge in [-0.2, -0.15) is 0 Å². The largest absolute Gasteiger partial charge is 0.313 e. The number of hydrogen-bond donors (Lipinski definition) is 1. The molecule has 112 valence electrons. The van der Waals surface area contributed by atoms with E-state index in [4.69, 9.17) is 0 Å². The summed E-state index contributed by atoms with van der Waals surface area (Å²) in [6.45, 7) is 2.20. The fraction of sp³-hybridized carbons (Fsp3) is 0.625. The van der Waals surface area contributed by atoms with E-state index >= 15 is 0 Å². The van der Waals surface area contributed by atoms with Crippen LogP contribution in [0.25, 0.3) is 0 Å². The summed E-state index contributed by atoms with van der Waals surface area (Å²) in [5.41, 5.74) is 0.184. The maximum absolute atomic E-state index is 14.3. The summed E-state index contributed by atoms with van der Waals surface area (Å²) in [5, 5.41) is 3.14. The van der Waals surface area contributed by atoms with E-state index in [1.54, 1.807) is 7.05 Å². The van der Waals surface area contributed by atoms with Crippen molar-refractivity contribution < 1.29 is 8.78 Å². The van der Waals surface area contributed by atoms with Gasteiger partial charge in [-0.25, -0.2) is 8.78 Å². The van der Waals surface area contributed by atoms with E-state index in [9.17, 15) is 8.78 Å². The highest BCUT2D eigenvalue weighted by Crippen LogP contribution is 2.40. The van der Waals surface area contributed by atoms with Crippen molar-refractivity contribution in [1.82, 2.24) is 5.32 Å². The molecule has 4 heteroatoms. The molecule has 1 N–H and O–H groups in total. The van der Waals surface area contributed by atoms with Crippen molar-refractivity contribution >= 4 is 15.9 Å². The summed E-state index contributed by atoms with van der Waals surface area (Å²) in [4.78, 5) is 0. The molecule has 0 amide bonds. The average molecular weight is 346 g/mol. The van der Waals surface area contributed by atoms with Gasteiger partial charge in [-0.3, -0.25) is 0 Å². The summed E-state index contributed by atoms with van der Waals surface area (Å²) >= 11 is 3.16. The highest BCUT2D eigenvalue weighted by atomic mass is 79.9. The predicted molar refractivity (Wildman–Crippen MR) is 81.6 cm³/mol. The van der Waals surface area contributed by atoms with Gasteiger partial charge in [0.05, 0.1) is 4.47 Å². The lowest BCUT2D eigenvalue weighted by molar-refractivity contribution is 0.209. The van der Waals surface area contributed by atoms with Crippen LogP contribution in [0.15, 0.2) is 16.6 Å². The molecule has 0 aromatic heterocycles. The number of benzene rings is 1. The molecule has 0 heterocycles. The zero-order valence-electron chi connectivity index (χ0n) is 12.1. The molecule has 1 aromatic rings. The fourth-order valence-electron chi connectivity index (χ4n) is 3.45. The Bertz CT molecular complexity index is 464. The van der Waals surface area contributed by atoms with Gasteiger partial charge in [-0.1, -0.05) is 26.2 Å². The SMILES string of the molecule is CCC1CCCC(C(NC)c2c(F)ccc(Br)c2F)C1. The van der Waals surface area contributed by atoms with E-state index in [1.807, 2.05) is 0 Å². The Balaban J connectivity index is 2.30. The van der Waals surface area contributed by atoms with Crippen molar-refractivity contribution in [1.29, 1.82) is 0 Å². The number of nitrogens with one attached hydrogen (secondary N) is 1. The smallest absolute Gasteiger partial charge is 0.145 e. The molecule has 0 aliphatic heterocycles. The molecule has 3 atom stereocenters. The van der Waals surface area contributed by atoms with Gasteiger partial charge in [0.2, 0.25) is 0 Å². The van der Waals surface area contributed by atoms with Gasteiger partial charge in [0.1, 0.15) is 11.6 Å². The summed E-state index contributed by atoms with van der Waals surface area (Å²) < 4.78 is 28.7. The molecule has 3 unspecified atom stereocenters. The minimum Gasteiger partial charge on any atom is -0.313 e. The first-order valence-electron chi connectivity index (χ1n) is 7.39. The molecular formula is C16H22BrF2N. The Morgan fingerprint density at radius 3 is 2.75 bits per heavy atom. The Labute approximate surface area is 128 Å². The maximum Gasteiger partial charge on any atom is 0.145 e. The second-order valence-electron chi connectivity index (χ2n) is 5.72. The Morgan fingerprint density at radius 2 is 2.10 bits per heavy atom. The summed E-state index contributed by atoms with van der Waals surface area (Å²) in [5.74, 6) is 0.0616. The second-order valence-corrected chi connectivity index (χ2v) is 6.58. The predicted octanol–water partition coefficient (Wildman–Crippen LogP) is 5.20. The van der Waals surface area contributed by atoms with Crippen LogP contribution in [0.1, 0.15) is 50.6 Å². The molecular weight excluding hydrogens is 324 g/mol. The van der Waals surface area contributed by atoms with Crippen molar-refractivity contribution in [2.24, 2.45) is 11.8 Å². The Kier molecular flexibility index (Phi) is 5.56. The van der Waals surface area contributed by atoms with Gasteiger partial charge in [0.25, 0.3) is 0 Å². The molecule has 0 spiro atoms. The van der Waals surface area contributed by atoms with Gasteiger partial charge in [0.15, 0.2) is 0 Å². The molecule has 2 rings (SSSR count). The topological polar surface area (TPSA) is 12.0 Å². The van der Waals surface area contributed by atoms with Gasteiger partial charge >= 0.3 is 0 Å². The van der Waals surface area contributed by atoms with Gasteiger partial charge in [-0.05, 0) is 59.8 Å². The van der Waals surface area contributed by atoms with E-state index in [0.29, 0.717) is 16.3 Å². The fourth-order valence-corrected chi connectivity index (χ4v) is 3.80. The number of halogens is 3. The highest BCUT2D eigenvalue weighted by Gasteiger charge is 2.31. The third-order valence-electron chi connectivity index (χ3n) is 4.57. The van der Waals surface area contributed by atoms with E-state index in [0.717, 1.165) is 25.7 Å². The lowest BCUT2D eigenvalue weighted by atomic mass is 9.75. The molecule has 0 bridgehead atoms. The third-order valence-corrected chi connectivity index (χ3v) is 5.19. The van der Waals surface area contributed by atoms with Crippen molar-refractivity contribution in [3.8, 4) is 0 Å².